The van der Waals surface area contributed by atoms with Crippen LogP contribution in [0.2, 0.25) is 0 Å². The van der Waals surface area contributed by atoms with Gasteiger partial charge < -0.3 is 4.90 Å². The maximum absolute atomic E-state index is 10.5. The van der Waals surface area contributed by atoms with E-state index in [4.69, 9.17) is 0 Å². The van der Waals surface area contributed by atoms with Crippen molar-refractivity contribution in [3.63, 3.8) is 0 Å². The molecule has 0 aromatic carbocycles. The summed E-state index contributed by atoms with van der Waals surface area (Å²) in [6.07, 6.45) is 5.09. The third-order valence-electron chi connectivity index (χ3n) is 3.72. The zero-order valence-electron chi connectivity index (χ0n) is 9.17. The smallest absolute Gasteiger partial charge is 0.305 e. The fraction of sp³-hybridized carbons (Fsp3) is 0.700. The van der Waals surface area contributed by atoms with Crippen LogP contribution in [0.4, 0.5) is 5.69 Å². The van der Waals surface area contributed by atoms with Gasteiger partial charge in [-0.2, -0.15) is 5.10 Å². The maximum atomic E-state index is 10.5. The number of rotatable bonds is 2. The molecule has 0 radical (unpaired) electrons. The molecule has 0 atom stereocenters. The first-order valence-corrected chi connectivity index (χ1v) is 5.45. The summed E-state index contributed by atoms with van der Waals surface area (Å²) >= 11 is 0. The largest absolute Gasteiger partial charge is 0.307 e. The fourth-order valence-electron chi connectivity index (χ4n) is 3.11. The van der Waals surface area contributed by atoms with Gasteiger partial charge in [0.2, 0.25) is 0 Å². The number of hydrogen-bond donors (Lipinski definition) is 0. The van der Waals surface area contributed by atoms with Crippen LogP contribution in [0.5, 0.6) is 0 Å². The SMILES string of the molecule is CN1CC2(CC(n3cc([N+](=O)[O-])cn3)C2)C1. The molecule has 1 aromatic heterocycles. The average Bonchev–Trinajstić information content (AvgIpc) is 2.57. The normalized spacial score (nSPS) is 24.1. The lowest BCUT2D eigenvalue weighted by atomic mass is 9.61. The molecule has 1 spiro atoms. The molecule has 0 N–H and O–H groups in total. The van der Waals surface area contributed by atoms with Gasteiger partial charge >= 0.3 is 5.69 Å². The van der Waals surface area contributed by atoms with Crippen molar-refractivity contribution < 1.29 is 4.92 Å². The Morgan fingerprint density at radius 2 is 2.25 bits per heavy atom. The fourth-order valence-corrected chi connectivity index (χ4v) is 3.11. The van der Waals surface area contributed by atoms with Crippen molar-refractivity contribution in [1.82, 2.24) is 14.7 Å². The van der Waals surface area contributed by atoms with E-state index < -0.39 is 4.92 Å². The van der Waals surface area contributed by atoms with E-state index in [-0.39, 0.29) is 5.69 Å². The number of aromatic nitrogens is 2. The monoisotopic (exact) mass is 222 g/mol. The third-order valence-corrected chi connectivity index (χ3v) is 3.72. The molecule has 1 saturated carbocycles. The van der Waals surface area contributed by atoms with Gasteiger partial charge in [-0.05, 0) is 25.3 Å². The summed E-state index contributed by atoms with van der Waals surface area (Å²) < 4.78 is 1.75. The Kier molecular flexibility index (Phi) is 1.85. The van der Waals surface area contributed by atoms with Gasteiger partial charge in [-0.3, -0.25) is 14.8 Å². The quantitative estimate of drug-likeness (QED) is 0.554. The van der Waals surface area contributed by atoms with Gasteiger partial charge in [-0.1, -0.05) is 0 Å². The van der Waals surface area contributed by atoms with Crippen LogP contribution in [0.25, 0.3) is 0 Å². The Morgan fingerprint density at radius 1 is 1.56 bits per heavy atom. The number of nitro groups is 1. The second-order valence-electron chi connectivity index (χ2n) is 5.17. The maximum Gasteiger partial charge on any atom is 0.307 e. The van der Waals surface area contributed by atoms with E-state index in [9.17, 15) is 10.1 Å². The average molecular weight is 222 g/mol. The highest BCUT2D eigenvalue weighted by Crippen LogP contribution is 2.53. The second kappa shape index (κ2) is 3.04. The van der Waals surface area contributed by atoms with Crippen LogP contribution in [0, 0.1) is 15.5 Å². The molecule has 1 saturated heterocycles. The topological polar surface area (TPSA) is 64.2 Å². The first-order chi connectivity index (χ1) is 7.58. The zero-order valence-corrected chi connectivity index (χ0v) is 9.17. The van der Waals surface area contributed by atoms with Crippen molar-refractivity contribution in [1.29, 1.82) is 0 Å². The first-order valence-electron chi connectivity index (χ1n) is 5.45. The van der Waals surface area contributed by atoms with Gasteiger partial charge in [0.25, 0.3) is 0 Å². The van der Waals surface area contributed by atoms with Gasteiger partial charge in [0.15, 0.2) is 0 Å². The highest BCUT2D eigenvalue weighted by Gasteiger charge is 2.51. The number of hydrogen-bond acceptors (Lipinski definition) is 4. The standard InChI is InChI=1S/C10H14N4O2/c1-12-6-10(7-12)2-8(3-10)13-5-9(4-11-13)14(15)16/h4-5,8H,2-3,6-7H2,1H3. The van der Waals surface area contributed by atoms with Gasteiger partial charge in [-0.15, -0.1) is 0 Å². The lowest BCUT2D eigenvalue weighted by molar-refractivity contribution is -0.385. The highest BCUT2D eigenvalue weighted by atomic mass is 16.6. The summed E-state index contributed by atoms with van der Waals surface area (Å²) in [5.74, 6) is 0. The molecule has 2 fully saturated rings. The molecule has 86 valence electrons. The van der Waals surface area contributed by atoms with Crippen molar-refractivity contribution in [2.45, 2.75) is 18.9 Å². The highest BCUT2D eigenvalue weighted by molar-refractivity contribution is 5.22. The molecular weight excluding hydrogens is 208 g/mol. The molecule has 2 heterocycles. The summed E-state index contributed by atoms with van der Waals surface area (Å²) in [4.78, 5) is 12.4. The van der Waals surface area contributed by atoms with Crippen LogP contribution in [0.3, 0.4) is 0 Å². The molecular formula is C10H14N4O2. The van der Waals surface area contributed by atoms with E-state index in [0.717, 1.165) is 25.9 Å². The summed E-state index contributed by atoms with van der Waals surface area (Å²) in [5.41, 5.74) is 0.576. The second-order valence-corrected chi connectivity index (χ2v) is 5.17. The molecule has 0 unspecified atom stereocenters. The minimum absolute atomic E-state index is 0.0895. The van der Waals surface area contributed by atoms with Crippen molar-refractivity contribution in [2.24, 2.45) is 5.41 Å². The molecule has 0 amide bonds. The lowest BCUT2D eigenvalue weighted by Gasteiger charge is -2.58. The Bertz CT molecular complexity index is 428. The Labute approximate surface area is 93.0 Å². The lowest BCUT2D eigenvalue weighted by Crippen LogP contribution is -2.60. The van der Waals surface area contributed by atoms with Gasteiger partial charge in [0.1, 0.15) is 12.4 Å². The van der Waals surface area contributed by atoms with Gasteiger partial charge in [0, 0.05) is 13.1 Å². The molecule has 1 aromatic rings. The van der Waals surface area contributed by atoms with Crippen LogP contribution >= 0.6 is 0 Å². The molecule has 0 bridgehead atoms. The molecule has 3 rings (SSSR count). The minimum atomic E-state index is -0.394. The van der Waals surface area contributed by atoms with Gasteiger partial charge in [0.05, 0.1) is 11.0 Å². The zero-order chi connectivity index (χ0) is 11.3. The Balaban J connectivity index is 1.65. The van der Waals surface area contributed by atoms with Crippen LogP contribution in [-0.2, 0) is 0 Å². The molecule has 16 heavy (non-hydrogen) atoms. The molecule has 6 nitrogen and oxygen atoms in total. The summed E-state index contributed by atoms with van der Waals surface area (Å²) in [6.45, 7) is 2.32. The van der Waals surface area contributed by atoms with Crippen molar-refractivity contribution >= 4 is 5.69 Å². The molecule has 2 aliphatic rings. The van der Waals surface area contributed by atoms with Crippen molar-refractivity contribution in [3.8, 4) is 0 Å². The number of likely N-dealkylation sites (tertiary alicyclic amines) is 1. The van der Waals surface area contributed by atoms with E-state index in [2.05, 4.69) is 17.0 Å². The van der Waals surface area contributed by atoms with E-state index in [0.29, 0.717) is 11.5 Å². The van der Waals surface area contributed by atoms with Crippen LogP contribution < -0.4 is 0 Å². The van der Waals surface area contributed by atoms with Crippen molar-refractivity contribution in [3.05, 3.63) is 22.5 Å². The Morgan fingerprint density at radius 3 is 2.75 bits per heavy atom. The molecule has 1 aliphatic heterocycles. The summed E-state index contributed by atoms with van der Waals surface area (Å²) in [7, 11) is 2.12. The molecule has 1 aliphatic carbocycles. The van der Waals surface area contributed by atoms with Crippen LogP contribution in [0.15, 0.2) is 12.4 Å². The minimum Gasteiger partial charge on any atom is -0.305 e. The Hall–Kier alpha value is -1.43. The van der Waals surface area contributed by atoms with E-state index in [1.807, 2.05) is 0 Å². The number of nitrogens with zero attached hydrogens (tertiary/aromatic N) is 4. The van der Waals surface area contributed by atoms with Crippen LogP contribution in [-0.4, -0.2) is 39.7 Å². The van der Waals surface area contributed by atoms with Crippen LogP contribution in [0.1, 0.15) is 18.9 Å². The summed E-state index contributed by atoms with van der Waals surface area (Å²) in [6, 6.07) is 0.363. The van der Waals surface area contributed by atoms with E-state index >= 15 is 0 Å². The van der Waals surface area contributed by atoms with Crippen molar-refractivity contribution in [2.75, 3.05) is 20.1 Å². The molecule has 6 heteroatoms. The predicted molar refractivity (Wildman–Crippen MR) is 57.1 cm³/mol. The summed E-state index contributed by atoms with van der Waals surface area (Å²) in [5, 5.41) is 14.6. The predicted octanol–water partition coefficient (Wildman–Crippen LogP) is 1.06. The third kappa shape index (κ3) is 1.33. The van der Waals surface area contributed by atoms with E-state index in [1.165, 1.54) is 6.20 Å². The first kappa shape index (κ1) is 9.77. The van der Waals surface area contributed by atoms with E-state index in [1.54, 1.807) is 10.9 Å². The van der Waals surface area contributed by atoms with Gasteiger partial charge in [-0.25, -0.2) is 0 Å².